The average Bonchev–Trinajstić information content (AvgIpc) is 3.40. The summed E-state index contributed by atoms with van der Waals surface area (Å²) in [6.45, 7) is 3.31. The molecule has 0 radical (unpaired) electrons. The van der Waals surface area contributed by atoms with Crippen LogP contribution in [0.15, 0.2) is 52.4 Å². The second kappa shape index (κ2) is 8.58. The fourth-order valence-electron chi connectivity index (χ4n) is 3.28. The third-order valence-corrected chi connectivity index (χ3v) is 5.38. The van der Waals surface area contributed by atoms with Gasteiger partial charge < -0.3 is 9.26 Å². The van der Waals surface area contributed by atoms with E-state index in [1.165, 1.54) is 10.4 Å². The topological polar surface area (TPSA) is 51.4 Å². The van der Waals surface area contributed by atoms with Crippen molar-refractivity contribution in [2.24, 2.45) is 0 Å². The number of nitrogens with zero attached hydrogens (tertiary/aromatic N) is 3. The molecule has 1 aromatic carbocycles. The van der Waals surface area contributed by atoms with E-state index in [0.717, 1.165) is 38.4 Å². The molecule has 4 rings (SSSR count). The van der Waals surface area contributed by atoms with Crippen LogP contribution in [0.5, 0.6) is 0 Å². The van der Waals surface area contributed by atoms with Gasteiger partial charge in [0.1, 0.15) is 0 Å². The molecule has 2 aromatic heterocycles. The Bertz CT molecular complexity index is 783. The summed E-state index contributed by atoms with van der Waals surface area (Å²) >= 11 is 1.78. The second-order valence-corrected chi connectivity index (χ2v) is 7.68. The lowest BCUT2D eigenvalue weighted by Gasteiger charge is -2.23. The van der Waals surface area contributed by atoms with Crippen molar-refractivity contribution >= 4 is 11.3 Å². The molecule has 0 aliphatic carbocycles. The van der Waals surface area contributed by atoms with Crippen molar-refractivity contribution in [2.75, 3.05) is 13.2 Å². The molecule has 0 N–H and O–H groups in total. The van der Waals surface area contributed by atoms with Gasteiger partial charge in [-0.25, -0.2) is 0 Å². The molecule has 0 saturated carbocycles. The van der Waals surface area contributed by atoms with E-state index in [4.69, 9.17) is 9.26 Å². The van der Waals surface area contributed by atoms with E-state index >= 15 is 0 Å². The molecule has 1 saturated heterocycles. The van der Waals surface area contributed by atoms with Gasteiger partial charge in [-0.3, -0.25) is 4.90 Å². The summed E-state index contributed by atoms with van der Waals surface area (Å²) in [6, 6.07) is 14.5. The Labute approximate surface area is 157 Å². The fraction of sp³-hybridized carbons (Fsp3) is 0.400. The lowest BCUT2D eigenvalue weighted by molar-refractivity contribution is 0.0644. The molecule has 1 unspecified atom stereocenters. The molecular weight excluding hydrogens is 346 g/mol. The van der Waals surface area contributed by atoms with Crippen molar-refractivity contribution < 1.29 is 9.26 Å². The Morgan fingerprint density at radius 3 is 2.81 bits per heavy atom. The maximum absolute atomic E-state index is 5.82. The highest BCUT2D eigenvalue weighted by atomic mass is 32.1. The second-order valence-electron chi connectivity index (χ2n) is 6.65. The van der Waals surface area contributed by atoms with Crippen LogP contribution in [0.25, 0.3) is 0 Å². The monoisotopic (exact) mass is 369 g/mol. The van der Waals surface area contributed by atoms with Crippen LogP contribution in [0.3, 0.4) is 0 Å². The van der Waals surface area contributed by atoms with Gasteiger partial charge in [0.05, 0.1) is 12.6 Å². The van der Waals surface area contributed by atoms with Crippen molar-refractivity contribution in [3.8, 4) is 0 Å². The minimum absolute atomic E-state index is 0.307. The van der Waals surface area contributed by atoms with Gasteiger partial charge in [0.2, 0.25) is 5.89 Å². The Hall–Kier alpha value is -2.02. The number of rotatable bonds is 8. The van der Waals surface area contributed by atoms with Gasteiger partial charge in [0, 0.05) is 31.0 Å². The number of thiophene rings is 1. The zero-order valence-electron chi connectivity index (χ0n) is 14.7. The maximum Gasteiger partial charge on any atom is 0.240 e. The quantitative estimate of drug-likeness (QED) is 0.603. The van der Waals surface area contributed by atoms with E-state index in [1.54, 1.807) is 11.3 Å². The Morgan fingerprint density at radius 1 is 1.12 bits per heavy atom. The molecule has 3 heterocycles. The lowest BCUT2D eigenvalue weighted by Crippen LogP contribution is -2.31. The summed E-state index contributed by atoms with van der Waals surface area (Å²) in [4.78, 5) is 8.28. The van der Waals surface area contributed by atoms with Crippen LogP contribution >= 0.6 is 11.3 Å². The normalized spacial score (nSPS) is 17.2. The number of benzene rings is 1. The fourth-order valence-corrected chi connectivity index (χ4v) is 4.03. The van der Waals surface area contributed by atoms with E-state index in [-0.39, 0.29) is 0 Å². The lowest BCUT2D eigenvalue weighted by atomic mass is 10.1. The highest BCUT2D eigenvalue weighted by molar-refractivity contribution is 7.09. The first-order chi connectivity index (χ1) is 12.8. The maximum atomic E-state index is 5.82. The minimum atomic E-state index is 0.307. The smallest absolute Gasteiger partial charge is 0.240 e. The summed E-state index contributed by atoms with van der Waals surface area (Å²) in [5, 5.41) is 6.27. The first-order valence-corrected chi connectivity index (χ1v) is 9.95. The molecule has 1 aliphatic heterocycles. The number of aromatic nitrogens is 2. The highest BCUT2D eigenvalue weighted by Crippen LogP contribution is 2.19. The molecular formula is C20H23N3O2S. The average molecular weight is 369 g/mol. The SMILES string of the molecule is c1ccc(Cc2noc(CN(Cc3cccs3)CC3CCCO3)n2)cc1. The van der Waals surface area contributed by atoms with Gasteiger partial charge in [0.25, 0.3) is 0 Å². The van der Waals surface area contributed by atoms with Gasteiger partial charge in [-0.2, -0.15) is 4.98 Å². The third kappa shape index (κ3) is 4.78. The predicted octanol–water partition coefficient (Wildman–Crippen LogP) is 3.90. The van der Waals surface area contributed by atoms with Crippen LogP contribution in [0.4, 0.5) is 0 Å². The van der Waals surface area contributed by atoms with E-state index < -0.39 is 0 Å². The molecule has 1 atom stereocenters. The summed E-state index contributed by atoms with van der Waals surface area (Å²) in [6.07, 6.45) is 3.28. The summed E-state index contributed by atoms with van der Waals surface area (Å²) in [5.74, 6) is 1.41. The number of ether oxygens (including phenoxy) is 1. The van der Waals surface area contributed by atoms with E-state index in [1.807, 2.05) is 18.2 Å². The first-order valence-electron chi connectivity index (χ1n) is 9.07. The van der Waals surface area contributed by atoms with E-state index in [9.17, 15) is 0 Å². The first kappa shape index (κ1) is 17.4. The molecule has 1 aliphatic rings. The van der Waals surface area contributed by atoms with Crippen molar-refractivity contribution in [1.29, 1.82) is 0 Å². The highest BCUT2D eigenvalue weighted by Gasteiger charge is 2.21. The Balaban J connectivity index is 1.41. The van der Waals surface area contributed by atoms with E-state index in [0.29, 0.717) is 25.0 Å². The summed E-state index contributed by atoms with van der Waals surface area (Å²) in [5.41, 5.74) is 1.19. The third-order valence-electron chi connectivity index (χ3n) is 4.52. The molecule has 136 valence electrons. The van der Waals surface area contributed by atoms with Gasteiger partial charge in [-0.05, 0) is 29.9 Å². The zero-order valence-corrected chi connectivity index (χ0v) is 15.5. The molecule has 0 amide bonds. The van der Waals surface area contributed by atoms with Crippen LogP contribution in [0, 0.1) is 0 Å². The molecule has 1 fully saturated rings. The van der Waals surface area contributed by atoms with Crippen molar-refractivity contribution in [2.45, 2.75) is 38.5 Å². The Kier molecular flexibility index (Phi) is 5.74. The molecule has 6 heteroatoms. The molecule has 0 bridgehead atoms. The summed E-state index contributed by atoms with van der Waals surface area (Å²) < 4.78 is 11.3. The van der Waals surface area contributed by atoms with Gasteiger partial charge in [-0.1, -0.05) is 41.6 Å². The largest absolute Gasteiger partial charge is 0.377 e. The zero-order chi connectivity index (χ0) is 17.6. The minimum Gasteiger partial charge on any atom is -0.377 e. The van der Waals surface area contributed by atoms with Crippen molar-refractivity contribution in [3.05, 3.63) is 70.0 Å². The van der Waals surface area contributed by atoms with Crippen LogP contribution < -0.4 is 0 Å². The summed E-state index contributed by atoms with van der Waals surface area (Å²) in [7, 11) is 0. The molecule has 26 heavy (non-hydrogen) atoms. The molecule has 0 spiro atoms. The molecule has 3 aromatic rings. The van der Waals surface area contributed by atoms with Crippen LogP contribution in [-0.4, -0.2) is 34.3 Å². The van der Waals surface area contributed by atoms with Gasteiger partial charge in [-0.15, -0.1) is 11.3 Å². The predicted molar refractivity (Wildman–Crippen MR) is 101 cm³/mol. The van der Waals surface area contributed by atoms with Gasteiger partial charge >= 0.3 is 0 Å². The number of hydrogen-bond donors (Lipinski definition) is 0. The standard InChI is InChI=1S/C20H23N3O2S/c1-2-6-16(7-3-1)12-19-21-20(25-22-19)15-23(13-17-8-4-10-24-17)14-18-9-5-11-26-18/h1-3,5-7,9,11,17H,4,8,10,12-15H2. The van der Waals surface area contributed by atoms with Crippen LogP contribution in [0.2, 0.25) is 0 Å². The van der Waals surface area contributed by atoms with Crippen molar-refractivity contribution in [3.63, 3.8) is 0 Å². The van der Waals surface area contributed by atoms with Crippen LogP contribution in [0.1, 0.15) is 35.0 Å². The Morgan fingerprint density at radius 2 is 2.04 bits per heavy atom. The van der Waals surface area contributed by atoms with Crippen molar-refractivity contribution in [1.82, 2.24) is 15.0 Å². The molecule has 5 nitrogen and oxygen atoms in total. The van der Waals surface area contributed by atoms with Gasteiger partial charge in [0.15, 0.2) is 5.82 Å². The number of hydrogen-bond acceptors (Lipinski definition) is 6. The van der Waals surface area contributed by atoms with E-state index in [2.05, 4.69) is 44.7 Å². The van der Waals surface area contributed by atoms with Crippen LogP contribution in [-0.2, 0) is 24.2 Å².